The van der Waals surface area contributed by atoms with Crippen LogP contribution in [0.3, 0.4) is 0 Å². The van der Waals surface area contributed by atoms with Crippen LogP contribution in [0.15, 0.2) is 34.7 Å². The molecule has 1 aromatic carbocycles. The van der Waals surface area contributed by atoms with Crippen molar-refractivity contribution < 1.29 is 14.3 Å². The van der Waals surface area contributed by atoms with Crippen molar-refractivity contribution in [1.82, 2.24) is 5.32 Å². The Morgan fingerprint density at radius 1 is 1.17 bits per heavy atom. The summed E-state index contributed by atoms with van der Waals surface area (Å²) < 4.78 is 5.52. The van der Waals surface area contributed by atoms with Crippen LogP contribution in [-0.2, 0) is 0 Å². The molecule has 2 atom stereocenters. The van der Waals surface area contributed by atoms with Gasteiger partial charge in [-0.2, -0.15) is 0 Å². The fraction of sp³-hybridized carbons (Fsp3) is 0.421. The number of hydrogen-bond acceptors (Lipinski definition) is 3. The number of aliphatic hydroxyl groups excluding tert-OH is 1. The second-order valence-corrected chi connectivity index (χ2v) is 6.12. The lowest BCUT2D eigenvalue weighted by Gasteiger charge is -2.19. The van der Waals surface area contributed by atoms with Gasteiger partial charge in [0.05, 0.1) is 11.7 Å². The largest absolute Gasteiger partial charge is 0.466 e. The van der Waals surface area contributed by atoms with Gasteiger partial charge < -0.3 is 14.8 Å². The van der Waals surface area contributed by atoms with Crippen LogP contribution in [0.2, 0.25) is 0 Å². The minimum Gasteiger partial charge on any atom is -0.466 e. The van der Waals surface area contributed by atoms with Crippen molar-refractivity contribution in [2.24, 2.45) is 0 Å². The first kappa shape index (κ1) is 17.3. The van der Waals surface area contributed by atoms with Crippen LogP contribution in [0.25, 0.3) is 0 Å². The highest BCUT2D eigenvalue weighted by Gasteiger charge is 2.20. The highest BCUT2D eigenvalue weighted by molar-refractivity contribution is 5.96. The minimum absolute atomic E-state index is 0.0776. The van der Waals surface area contributed by atoms with Gasteiger partial charge in [-0.25, -0.2) is 0 Å². The highest BCUT2D eigenvalue weighted by Crippen LogP contribution is 2.23. The normalized spacial score (nSPS) is 13.6. The Kier molecular flexibility index (Phi) is 5.61. The van der Waals surface area contributed by atoms with Gasteiger partial charge in [0, 0.05) is 18.0 Å². The van der Waals surface area contributed by atoms with E-state index in [0.29, 0.717) is 24.3 Å². The van der Waals surface area contributed by atoms with Crippen LogP contribution in [0.5, 0.6) is 0 Å². The van der Waals surface area contributed by atoms with Crippen LogP contribution in [0, 0.1) is 20.8 Å². The zero-order valence-electron chi connectivity index (χ0n) is 14.2. The fourth-order valence-electron chi connectivity index (χ4n) is 2.91. The van der Waals surface area contributed by atoms with E-state index in [2.05, 4.69) is 5.32 Å². The molecule has 0 aliphatic rings. The molecule has 4 nitrogen and oxygen atoms in total. The first-order valence-corrected chi connectivity index (χ1v) is 7.98. The molecule has 2 N–H and O–H groups in total. The summed E-state index contributed by atoms with van der Waals surface area (Å²) in [7, 11) is 0. The number of furan rings is 1. The monoisotopic (exact) mass is 315 g/mol. The number of carbonyl (C=O) groups is 1. The number of aliphatic hydroxyl groups is 1. The molecule has 23 heavy (non-hydrogen) atoms. The molecule has 2 unspecified atom stereocenters. The van der Waals surface area contributed by atoms with Gasteiger partial charge in [0.15, 0.2) is 0 Å². The van der Waals surface area contributed by atoms with Crippen LogP contribution < -0.4 is 5.32 Å². The summed E-state index contributed by atoms with van der Waals surface area (Å²) in [6, 6.07) is 9.96. The number of nitrogens with one attached hydrogen (secondary N) is 1. The second-order valence-electron chi connectivity index (χ2n) is 6.12. The molecule has 0 spiro atoms. The van der Waals surface area contributed by atoms with E-state index in [1.54, 1.807) is 13.8 Å². The summed E-state index contributed by atoms with van der Waals surface area (Å²) in [5.41, 5.74) is 2.61. The molecule has 0 aliphatic carbocycles. The van der Waals surface area contributed by atoms with Crippen molar-refractivity contribution in [3.8, 4) is 0 Å². The Labute approximate surface area is 137 Å². The third kappa shape index (κ3) is 4.23. The van der Waals surface area contributed by atoms with Crippen LogP contribution in [0.4, 0.5) is 0 Å². The van der Waals surface area contributed by atoms with Crippen molar-refractivity contribution >= 4 is 5.91 Å². The van der Waals surface area contributed by atoms with Crippen molar-refractivity contribution in [1.29, 1.82) is 0 Å². The van der Waals surface area contributed by atoms with Crippen LogP contribution in [0.1, 0.15) is 52.3 Å². The maximum atomic E-state index is 12.5. The summed E-state index contributed by atoms with van der Waals surface area (Å²) >= 11 is 0. The van der Waals surface area contributed by atoms with E-state index < -0.39 is 6.10 Å². The minimum atomic E-state index is -0.420. The summed E-state index contributed by atoms with van der Waals surface area (Å²) in [6.07, 6.45) is 0.184. The fourth-order valence-corrected chi connectivity index (χ4v) is 2.91. The third-order valence-electron chi connectivity index (χ3n) is 4.19. The Hall–Kier alpha value is -2.07. The lowest BCUT2D eigenvalue weighted by Crippen LogP contribution is -2.30. The van der Waals surface area contributed by atoms with Gasteiger partial charge in [0.1, 0.15) is 11.5 Å². The maximum Gasteiger partial charge on any atom is 0.255 e. The average molecular weight is 315 g/mol. The van der Waals surface area contributed by atoms with E-state index in [1.165, 1.54) is 0 Å². The lowest BCUT2D eigenvalue weighted by molar-refractivity contribution is 0.0943. The molecule has 0 fully saturated rings. The Balaban J connectivity index is 2.10. The summed E-state index contributed by atoms with van der Waals surface area (Å²) in [5, 5.41) is 12.7. The molecule has 1 heterocycles. The van der Waals surface area contributed by atoms with E-state index in [0.717, 1.165) is 16.9 Å². The van der Waals surface area contributed by atoms with Crippen molar-refractivity contribution in [3.05, 3.63) is 58.5 Å². The van der Waals surface area contributed by atoms with E-state index >= 15 is 0 Å². The quantitative estimate of drug-likeness (QED) is 0.858. The van der Waals surface area contributed by atoms with Gasteiger partial charge in [0.2, 0.25) is 0 Å². The highest BCUT2D eigenvalue weighted by atomic mass is 16.3. The summed E-state index contributed by atoms with van der Waals surface area (Å²) in [6.45, 7) is 7.81. The van der Waals surface area contributed by atoms with Gasteiger partial charge >= 0.3 is 0 Å². The maximum absolute atomic E-state index is 12.5. The molecule has 0 bridgehead atoms. The average Bonchev–Trinajstić information content (AvgIpc) is 2.76. The number of amides is 1. The number of benzene rings is 1. The summed E-state index contributed by atoms with van der Waals surface area (Å²) in [4.78, 5) is 12.5. The number of aryl methyl sites for hydroxylation is 2. The molecule has 2 rings (SSSR count). The second kappa shape index (κ2) is 7.47. The SMILES string of the molecule is Cc1oc(C)c(C(=O)NCC(CC(C)O)c2ccccc2)c1C. The van der Waals surface area contributed by atoms with E-state index in [-0.39, 0.29) is 11.8 Å². The molecule has 4 heteroatoms. The van der Waals surface area contributed by atoms with Gasteiger partial charge in [-0.05, 0) is 39.7 Å². The standard InChI is InChI=1S/C19H25NO3/c1-12(21)10-17(16-8-6-5-7-9-16)11-20-19(22)18-13(2)14(3)23-15(18)4/h5-9,12,17,21H,10-11H2,1-4H3,(H,20,22). The molecule has 0 saturated carbocycles. The van der Waals surface area contributed by atoms with Crippen molar-refractivity contribution in [2.75, 3.05) is 6.54 Å². The molecule has 0 saturated heterocycles. The zero-order valence-corrected chi connectivity index (χ0v) is 14.2. The number of hydrogen-bond donors (Lipinski definition) is 2. The number of carbonyl (C=O) groups excluding carboxylic acids is 1. The molecule has 0 aliphatic heterocycles. The van der Waals surface area contributed by atoms with Gasteiger partial charge in [-0.3, -0.25) is 4.79 Å². The Morgan fingerprint density at radius 3 is 2.35 bits per heavy atom. The molecule has 2 aromatic rings. The third-order valence-corrected chi connectivity index (χ3v) is 4.19. The molecular formula is C19H25NO3. The molecule has 1 aromatic heterocycles. The van der Waals surface area contributed by atoms with E-state index in [1.807, 2.05) is 44.2 Å². The predicted octanol–water partition coefficient (Wildman–Crippen LogP) is 3.49. The summed E-state index contributed by atoms with van der Waals surface area (Å²) in [5.74, 6) is 1.37. The van der Waals surface area contributed by atoms with Gasteiger partial charge in [-0.15, -0.1) is 0 Å². The predicted molar refractivity (Wildman–Crippen MR) is 90.7 cm³/mol. The first-order chi connectivity index (χ1) is 10.9. The molecule has 0 radical (unpaired) electrons. The van der Waals surface area contributed by atoms with Crippen LogP contribution in [-0.4, -0.2) is 23.7 Å². The topological polar surface area (TPSA) is 62.5 Å². The van der Waals surface area contributed by atoms with Crippen molar-refractivity contribution in [3.63, 3.8) is 0 Å². The van der Waals surface area contributed by atoms with Crippen LogP contribution >= 0.6 is 0 Å². The lowest BCUT2D eigenvalue weighted by atomic mass is 9.93. The molecule has 124 valence electrons. The van der Waals surface area contributed by atoms with E-state index in [9.17, 15) is 9.90 Å². The number of rotatable bonds is 6. The molecule has 1 amide bonds. The van der Waals surface area contributed by atoms with Gasteiger partial charge in [0.25, 0.3) is 5.91 Å². The van der Waals surface area contributed by atoms with Gasteiger partial charge in [-0.1, -0.05) is 30.3 Å². The Morgan fingerprint density at radius 2 is 1.83 bits per heavy atom. The first-order valence-electron chi connectivity index (χ1n) is 7.98. The smallest absolute Gasteiger partial charge is 0.255 e. The van der Waals surface area contributed by atoms with Crippen molar-refractivity contribution in [2.45, 2.75) is 46.1 Å². The molecular weight excluding hydrogens is 290 g/mol. The Bertz CT molecular complexity index is 659. The van der Waals surface area contributed by atoms with E-state index in [4.69, 9.17) is 4.42 Å². The zero-order chi connectivity index (χ0) is 17.0.